The fourth-order valence-electron chi connectivity index (χ4n) is 3.42. The average Bonchev–Trinajstić information content (AvgIpc) is 2.69. The topological polar surface area (TPSA) is 119 Å². The summed E-state index contributed by atoms with van der Waals surface area (Å²) in [4.78, 5) is 23.0. The zero-order chi connectivity index (χ0) is 21.6. The summed E-state index contributed by atoms with van der Waals surface area (Å²) in [5.74, 6) is -0.481. The second-order valence-corrected chi connectivity index (χ2v) is 9.02. The van der Waals surface area contributed by atoms with Crippen LogP contribution in [0.15, 0.2) is 23.1 Å². The van der Waals surface area contributed by atoms with Crippen LogP contribution in [-0.2, 0) is 14.8 Å². The van der Waals surface area contributed by atoms with E-state index in [1.54, 1.807) is 13.8 Å². The van der Waals surface area contributed by atoms with Gasteiger partial charge in [0.1, 0.15) is 0 Å². The van der Waals surface area contributed by atoms with Crippen molar-refractivity contribution in [1.82, 2.24) is 9.62 Å². The Balaban J connectivity index is 2.20. The van der Waals surface area contributed by atoms with Crippen molar-refractivity contribution in [2.24, 2.45) is 0 Å². The van der Waals surface area contributed by atoms with Crippen LogP contribution < -0.4 is 10.1 Å². The molecule has 1 N–H and O–H groups in total. The van der Waals surface area contributed by atoms with Crippen molar-refractivity contribution in [2.45, 2.75) is 69.9 Å². The number of carbonyl (C=O) groups is 1. The predicted molar refractivity (Wildman–Crippen MR) is 108 cm³/mol. The SMILES string of the molecule is CCN(CC)S(=O)(=O)c1ccc(O[C@H](C)C(=O)NC2CCCCC2)c([N+](=O)[O-])c1. The van der Waals surface area contributed by atoms with Gasteiger partial charge in [-0.05, 0) is 31.9 Å². The van der Waals surface area contributed by atoms with Gasteiger partial charge in [0.25, 0.3) is 5.91 Å². The van der Waals surface area contributed by atoms with Gasteiger partial charge in [-0.3, -0.25) is 14.9 Å². The number of sulfonamides is 1. The summed E-state index contributed by atoms with van der Waals surface area (Å²) in [7, 11) is -3.84. The van der Waals surface area contributed by atoms with Crippen LogP contribution in [0, 0.1) is 10.1 Å². The molecule has 1 fully saturated rings. The first-order chi connectivity index (χ1) is 13.7. The number of nitro benzene ring substituents is 1. The van der Waals surface area contributed by atoms with Gasteiger partial charge in [0.05, 0.1) is 9.82 Å². The summed E-state index contributed by atoms with van der Waals surface area (Å²) in [5, 5.41) is 14.4. The minimum Gasteiger partial charge on any atom is -0.474 e. The fourth-order valence-corrected chi connectivity index (χ4v) is 4.90. The summed E-state index contributed by atoms with van der Waals surface area (Å²) >= 11 is 0. The molecule has 1 aromatic rings. The molecule has 29 heavy (non-hydrogen) atoms. The second-order valence-electron chi connectivity index (χ2n) is 7.08. The van der Waals surface area contributed by atoms with E-state index in [2.05, 4.69) is 5.32 Å². The van der Waals surface area contributed by atoms with Crippen molar-refractivity contribution >= 4 is 21.6 Å². The third kappa shape index (κ3) is 5.66. The first-order valence-corrected chi connectivity index (χ1v) is 11.4. The number of ether oxygens (including phenoxy) is 1. The van der Waals surface area contributed by atoms with E-state index in [1.165, 1.54) is 23.4 Å². The number of carbonyl (C=O) groups excluding carboxylic acids is 1. The van der Waals surface area contributed by atoms with Crippen LogP contribution in [0.5, 0.6) is 5.75 Å². The average molecular weight is 428 g/mol. The lowest BCUT2D eigenvalue weighted by Gasteiger charge is -2.24. The first kappa shape index (κ1) is 23.1. The van der Waals surface area contributed by atoms with Crippen LogP contribution in [0.25, 0.3) is 0 Å². The molecule has 1 aromatic carbocycles. The molecule has 0 unspecified atom stereocenters. The van der Waals surface area contributed by atoms with Gasteiger partial charge in [-0.2, -0.15) is 4.31 Å². The van der Waals surface area contributed by atoms with E-state index in [0.717, 1.165) is 38.2 Å². The van der Waals surface area contributed by atoms with Gasteiger partial charge >= 0.3 is 5.69 Å². The largest absolute Gasteiger partial charge is 0.474 e. The van der Waals surface area contributed by atoms with Crippen molar-refractivity contribution < 1.29 is 22.9 Å². The smallest absolute Gasteiger partial charge is 0.312 e. The lowest BCUT2D eigenvalue weighted by atomic mass is 9.95. The summed E-state index contributed by atoms with van der Waals surface area (Å²) < 4.78 is 32.0. The lowest BCUT2D eigenvalue weighted by molar-refractivity contribution is -0.386. The highest BCUT2D eigenvalue weighted by atomic mass is 32.2. The zero-order valence-corrected chi connectivity index (χ0v) is 17.9. The highest BCUT2D eigenvalue weighted by Crippen LogP contribution is 2.31. The van der Waals surface area contributed by atoms with Gasteiger partial charge in [-0.25, -0.2) is 8.42 Å². The monoisotopic (exact) mass is 427 g/mol. The van der Waals surface area contributed by atoms with Gasteiger partial charge in [0.2, 0.25) is 10.0 Å². The number of nitrogens with zero attached hydrogens (tertiary/aromatic N) is 2. The van der Waals surface area contributed by atoms with Crippen molar-refractivity contribution in [3.05, 3.63) is 28.3 Å². The minimum absolute atomic E-state index is 0.0962. The summed E-state index contributed by atoms with van der Waals surface area (Å²) in [5.41, 5.74) is -0.490. The van der Waals surface area contributed by atoms with Crippen LogP contribution in [-0.4, -0.2) is 48.8 Å². The number of rotatable bonds is 9. The fraction of sp³-hybridized carbons (Fsp3) is 0.632. The molecule has 1 saturated carbocycles. The van der Waals surface area contributed by atoms with Crippen molar-refractivity contribution in [1.29, 1.82) is 0 Å². The molecule has 9 nitrogen and oxygen atoms in total. The summed E-state index contributed by atoms with van der Waals surface area (Å²) in [6.45, 7) is 5.41. The standard InChI is InChI=1S/C19H29N3O6S/c1-4-21(5-2)29(26,27)16-11-12-18(17(13-16)22(24)25)28-14(3)19(23)20-15-9-7-6-8-10-15/h11-15H,4-10H2,1-3H3,(H,20,23)/t14-/m1/s1. The molecule has 1 atom stereocenters. The van der Waals surface area contributed by atoms with Gasteiger partial charge < -0.3 is 10.1 Å². The lowest BCUT2D eigenvalue weighted by Crippen LogP contribution is -2.43. The molecular weight excluding hydrogens is 398 g/mol. The zero-order valence-electron chi connectivity index (χ0n) is 17.1. The maximum Gasteiger partial charge on any atom is 0.312 e. The highest BCUT2D eigenvalue weighted by molar-refractivity contribution is 7.89. The van der Waals surface area contributed by atoms with Crippen LogP contribution >= 0.6 is 0 Å². The molecule has 0 heterocycles. The molecule has 1 aliphatic rings. The molecule has 2 rings (SSSR count). The van der Waals surface area contributed by atoms with Gasteiger partial charge in [0, 0.05) is 25.2 Å². The van der Waals surface area contributed by atoms with Crippen LogP contribution in [0.3, 0.4) is 0 Å². The van der Waals surface area contributed by atoms with Gasteiger partial charge in [-0.15, -0.1) is 0 Å². The maximum atomic E-state index is 12.6. The molecule has 1 aliphatic carbocycles. The molecule has 162 valence electrons. The van der Waals surface area contributed by atoms with Crippen molar-refractivity contribution in [3.8, 4) is 5.75 Å². The van der Waals surface area contributed by atoms with Gasteiger partial charge in [-0.1, -0.05) is 33.1 Å². The van der Waals surface area contributed by atoms with E-state index in [0.29, 0.717) is 0 Å². The number of nitrogens with one attached hydrogen (secondary N) is 1. The number of hydrogen-bond donors (Lipinski definition) is 1. The normalized spacial score (nSPS) is 16.4. The molecule has 0 spiro atoms. The Hall–Kier alpha value is -2.20. The predicted octanol–water partition coefficient (Wildman–Crippen LogP) is 2.84. The van der Waals surface area contributed by atoms with Crippen LogP contribution in [0.2, 0.25) is 0 Å². The van der Waals surface area contributed by atoms with E-state index in [-0.39, 0.29) is 35.7 Å². The number of benzene rings is 1. The Bertz CT molecular complexity index is 832. The van der Waals surface area contributed by atoms with E-state index in [4.69, 9.17) is 4.74 Å². The van der Waals surface area contributed by atoms with E-state index in [9.17, 15) is 23.3 Å². The van der Waals surface area contributed by atoms with Crippen molar-refractivity contribution in [3.63, 3.8) is 0 Å². The Kier molecular flexibility index (Phi) is 7.97. The minimum atomic E-state index is -3.84. The van der Waals surface area contributed by atoms with E-state index in [1.807, 2.05) is 0 Å². The molecule has 10 heteroatoms. The third-order valence-corrected chi connectivity index (χ3v) is 7.14. The number of hydrogen-bond acceptors (Lipinski definition) is 6. The Morgan fingerprint density at radius 2 is 1.90 bits per heavy atom. The quantitative estimate of drug-likeness (QED) is 0.478. The Morgan fingerprint density at radius 3 is 2.45 bits per heavy atom. The van der Waals surface area contributed by atoms with E-state index >= 15 is 0 Å². The van der Waals surface area contributed by atoms with Crippen LogP contribution in [0.1, 0.15) is 52.9 Å². The molecule has 0 bridgehead atoms. The van der Waals surface area contributed by atoms with Crippen LogP contribution in [0.4, 0.5) is 5.69 Å². The van der Waals surface area contributed by atoms with Crippen molar-refractivity contribution in [2.75, 3.05) is 13.1 Å². The Labute approximate surface area is 171 Å². The molecule has 0 aliphatic heterocycles. The summed E-state index contributed by atoms with van der Waals surface area (Å²) in [6, 6.07) is 3.58. The third-order valence-electron chi connectivity index (χ3n) is 5.09. The maximum absolute atomic E-state index is 12.6. The molecule has 0 saturated heterocycles. The first-order valence-electron chi connectivity index (χ1n) is 9.96. The number of amides is 1. The van der Waals surface area contributed by atoms with Gasteiger partial charge in [0.15, 0.2) is 11.9 Å². The second kappa shape index (κ2) is 10.0. The molecular formula is C19H29N3O6S. The molecule has 1 amide bonds. The summed E-state index contributed by atoms with van der Waals surface area (Å²) in [6.07, 6.45) is 4.17. The highest BCUT2D eigenvalue weighted by Gasteiger charge is 2.28. The Morgan fingerprint density at radius 1 is 1.28 bits per heavy atom. The molecule has 0 radical (unpaired) electrons. The molecule has 0 aromatic heterocycles. The number of nitro groups is 1. The van der Waals surface area contributed by atoms with E-state index < -0.39 is 26.7 Å².